The molecule has 0 spiro atoms. The summed E-state index contributed by atoms with van der Waals surface area (Å²) in [6.07, 6.45) is 1.90. The van der Waals surface area contributed by atoms with Crippen LogP contribution in [0.25, 0.3) is 10.9 Å². The van der Waals surface area contributed by atoms with Crippen LogP contribution in [-0.2, 0) is 9.53 Å². The van der Waals surface area contributed by atoms with Gasteiger partial charge < -0.3 is 29.2 Å². The molecule has 7 nitrogen and oxygen atoms in total. The minimum Gasteiger partial charge on any atom is -0.493 e. The summed E-state index contributed by atoms with van der Waals surface area (Å²) in [6, 6.07) is 9.87. The molecule has 3 heterocycles. The highest BCUT2D eigenvalue weighted by atomic mass is 16.5. The normalized spacial score (nSPS) is 17.5. The second-order valence-corrected chi connectivity index (χ2v) is 6.95. The van der Waals surface area contributed by atoms with Crippen LogP contribution in [0.3, 0.4) is 0 Å². The summed E-state index contributed by atoms with van der Waals surface area (Å²) < 4.78 is 21.9. The number of H-pyrrole nitrogens is 1. The first-order chi connectivity index (χ1) is 14.2. The van der Waals surface area contributed by atoms with Crippen LogP contribution in [0, 0.1) is 0 Å². The zero-order valence-corrected chi connectivity index (χ0v) is 16.3. The van der Waals surface area contributed by atoms with Crippen molar-refractivity contribution in [2.75, 3.05) is 33.3 Å². The Bertz CT molecular complexity index is 1150. The number of benzene rings is 2. The largest absolute Gasteiger partial charge is 0.493 e. The summed E-state index contributed by atoms with van der Waals surface area (Å²) in [5.41, 5.74) is 5.15. The third-order valence-corrected chi connectivity index (χ3v) is 5.54. The van der Waals surface area contributed by atoms with Gasteiger partial charge in [0.15, 0.2) is 11.5 Å². The zero-order valence-electron chi connectivity index (χ0n) is 16.3. The summed E-state index contributed by atoms with van der Waals surface area (Å²) >= 11 is 0. The molecule has 148 valence electrons. The predicted molar refractivity (Wildman–Crippen MR) is 108 cm³/mol. The smallest absolute Gasteiger partial charge is 0.337 e. The van der Waals surface area contributed by atoms with Crippen molar-refractivity contribution < 1.29 is 23.7 Å². The number of ether oxygens (including phenoxy) is 4. The topological polar surface area (TPSA) is 81.8 Å². The van der Waals surface area contributed by atoms with Gasteiger partial charge in [-0.3, -0.25) is 0 Å². The number of esters is 1. The average Bonchev–Trinajstić information content (AvgIpc) is 3.37. The van der Waals surface area contributed by atoms with Crippen molar-refractivity contribution in [2.24, 2.45) is 0 Å². The maximum atomic E-state index is 12.7. The van der Waals surface area contributed by atoms with Crippen molar-refractivity contribution >= 4 is 22.6 Å². The van der Waals surface area contributed by atoms with Crippen LogP contribution in [-0.4, -0.2) is 38.9 Å². The first kappa shape index (κ1) is 17.5. The van der Waals surface area contributed by atoms with Gasteiger partial charge in [-0.2, -0.15) is 0 Å². The second kappa shape index (κ2) is 6.48. The van der Waals surface area contributed by atoms with Gasteiger partial charge in [-0.1, -0.05) is 6.07 Å². The fraction of sp³-hybridized carbons (Fsp3) is 0.227. The number of methoxy groups -OCH3 is 3. The van der Waals surface area contributed by atoms with Gasteiger partial charge in [0.05, 0.1) is 38.1 Å². The molecule has 0 aliphatic carbocycles. The van der Waals surface area contributed by atoms with E-state index in [0.29, 0.717) is 22.8 Å². The lowest BCUT2D eigenvalue weighted by Gasteiger charge is -2.28. The van der Waals surface area contributed by atoms with Gasteiger partial charge in [-0.15, -0.1) is 0 Å². The maximum Gasteiger partial charge on any atom is 0.337 e. The monoisotopic (exact) mass is 392 g/mol. The highest BCUT2D eigenvalue weighted by Gasteiger charge is 2.40. The van der Waals surface area contributed by atoms with E-state index in [0.717, 1.165) is 33.4 Å². The summed E-state index contributed by atoms with van der Waals surface area (Å²) in [7, 11) is 4.72. The number of carbonyl (C=O) groups excluding carboxylic acids is 1. The fourth-order valence-corrected chi connectivity index (χ4v) is 4.28. The van der Waals surface area contributed by atoms with Crippen molar-refractivity contribution in [3.8, 4) is 17.2 Å². The van der Waals surface area contributed by atoms with Crippen molar-refractivity contribution in [2.45, 2.75) is 5.92 Å². The highest BCUT2D eigenvalue weighted by molar-refractivity contribution is 6.00. The third-order valence-electron chi connectivity index (χ3n) is 5.54. The Balaban J connectivity index is 1.81. The quantitative estimate of drug-likeness (QED) is 0.661. The number of fused-ring (bicyclic) bond motifs is 3. The van der Waals surface area contributed by atoms with Crippen LogP contribution in [0.15, 0.2) is 47.8 Å². The molecule has 0 bridgehead atoms. The number of cyclic esters (lactones) is 1. The van der Waals surface area contributed by atoms with Crippen LogP contribution < -0.4 is 19.5 Å². The van der Waals surface area contributed by atoms with Gasteiger partial charge in [0, 0.05) is 23.4 Å². The van der Waals surface area contributed by atoms with E-state index in [1.54, 1.807) is 21.3 Å². The second-order valence-electron chi connectivity index (χ2n) is 6.95. The van der Waals surface area contributed by atoms with Crippen molar-refractivity contribution in [3.05, 3.63) is 58.9 Å². The molecule has 1 atom stereocenters. The number of rotatable bonds is 4. The van der Waals surface area contributed by atoms with Crippen LogP contribution in [0.5, 0.6) is 17.2 Å². The van der Waals surface area contributed by atoms with Gasteiger partial charge in [-0.05, 0) is 35.2 Å². The Morgan fingerprint density at radius 2 is 1.79 bits per heavy atom. The number of hydrogen-bond donors (Lipinski definition) is 2. The minimum absolute atomic E-state index is 0.233. The molecule has 0 amide bonds. The third kappa shape index (κ3) is 2.47. The molecule has 2 aromatic carbocycles. The van der Waals surface area contributed by atoms with Gasteiger partial charge in [0.2, 0.25) is 5.75 Å². The van der Waals surface area contributed by atoms with Crippen molar-refractivity contribution in [1.82, 2.24) is 4.98 Å². The van der Waals surface area contributed by atoms with Gasteiger partial charge in [0.1, 0.15) is 6.61 Å². The molecule has 0 saturated heterocycles. The number of hydrogen-bond acceptors (Lipinski definition) is 6. The van der Waals surface area contributed by atoms with Crippen LogP contribution in [0.2, 0.25) is 0 Å². The first-order valence-corrected chi connectivity index (χ1v) is 9.23. The molecular formula is C22H20N2O5. The van der Waals surface area contributed by atoms with Crippen LogP contribution >= 0.6 is 0 Å². The SMILES string of the molecule is COc1cc(C2C3=C(COC3=O)Nc3ccc4cc[nH]c4c32)cc(OC)c1OC. The van der Waals surface area contributed by atoms with E-state index in [-0.39, 0.29) is 18.5 Å². The number of nitrogens with one attached hydrogen (secondary N) is 2. The van der Waals surface area contributed by atoms with E-state index in [2.05, 4.69) is 10.3 Å². The molecule has 0 saturated carbocycles. The first-order valence-electron chi connectivity index (χ1n) is 9.23. The molecule has 3 aromatic rings. The molecule has 1 aromatic heterocycles. The molecule has 2 aliphatic heterocycles. The Hall–Kier alpha value is -3.61. The maximum absolute atomic E-state index is 12.7. The lowest BCUT2D eigenvalue weighted by Crippen LogP contribution is -2.20. The highest BCUT2D eigenvalue weighted by Crippen LogP contribution is 2.49. The molecule has 2 N–H and O–H groups in total. The molecule has 7 heteroatoms. The summed E-state index contributed by atoms with van der Waals surface area (Å²) in [6.45, 7) is 0.233. The van der Waals surface area contributed by atoms with Gasteiger partial charge >= 0.3 is 5.97 Å². The molecule has 0 fully saturated rings. The van der Waals surface area contributed by atoms with Gasteiger partial charge in [-0.25, -0.2) is 4.79 Å². The summed E-state index contributed by atoms with van der Waals surface area (Å²) in [5, 5.41) is 4.45. The zero-order chi connectivity index (χ0) is 20.1. The Labute approximate surface area is 167 Å². The minimum atomic E-state index is -0.340. The lowest BCUT2D eigenvalue weighted by molar-refractivity contribution is -0.136. The summed E-state index contributed by atoms with van der Waals surface area (Å²) in [5.74, 6) is 0.921. The van der Waals surface area contributed by atoms with E-state index in [4.69, 9.17) is 18.9 Å². The number of aromatic amines is 1. The molecule has 0 radical (unpaired) electrons. The Morgan fingerprint density at radius 3 is 2.48 bits per heavy atom. The van der Waals surface area contributed by atoms with Crippen LogP contribution in [0.4, 0.5) is 5.69 Å². The molecule has 1 unspecified atom stereocenters. The predicted octanol–water partition coefficient (Wildman–Crippen LogP) is 3.56. The van der Waals surface area contributed by atoms with E-state index < -0.39 is 0 Å². The molecule has 5 rings (SSSR count). The number of anilines is 1. The molecular weight excluding hydrogens is 372 g/mol. The van der Waals surface area contributed by atoms with Crippen LogP contribution in [0.1, 0.15) is 17.0 Å². The fourth-order valence-electron chi connectivity index (χ4n) is 4.28. The van der Waals surface area contributed by atoms with Crippen molar-refractivity contribution in [1.29, 1.82) is 0 Å². The summed E-state index contributed by atoms with van der Waals surface area (Å²) in [4.78, 5) is 16.0. The average molecular weight is 392 g/mol. The number of carbonyl (C=O) groups is 1. The van der Waals surface area contributed by atoms with E-state index in [1.807, 2.05) is 36.5 Å². The van der Waals surface area contributed by atoms with Gasteiger partial charge in [0.25, 0.3) is 0 Å². The Kier molecular flexibility index (Phi) is 3.91. The lowest BCUT2D eigenvalue weighted by atomic mass is 9.80. The van der Waals surface area contributed by atoms with E-state index in [1.165, 1.54) is 0 Å². The standard InChI is InChI=1S/C22H20N2O5/c1-26-15-8-12(9-16(27-2)21(15)28-3)17-18-13(5-4-11-6-7-23-20(11)18)24-14-10-29-22(25)19(14)17/h4-9,17,23-24H,10H2,1-3H3. The molecule has 2 aliphatic rings. The van der Waals surface area contributed by atoms with E-state index >= 15 is 0 Å². The van der Waals surface area contributed by atoms with E-state index in [9.17, 15) is 4.79 Å². The van der Waals surface area contributed by atoms with Crippen molar-refractivity contribution in [3.63, 3.8) is 0 Å². The Morgan fingerprint density at radius 1 is 1.03 bits per heavy atom. The molecule has 29 heavy (non-hydrogen) atoms. The number of aromatic nitrogens is 1.